The first-order chi connectivity index (χ1) is 8.22. The van der Waals surface area contributed by atoms with Crippen molar-refractivity contribution in [2.24, 2.45) is 5.92 Å². The fourth-order valence-corrected chi connectivity index (χ4v) is 2.22. The standard InChI is InChI=1S/C12H19N3O2/c1-8-5-3-4-6-9(8)17-12-10(13)11(16-2)14-7-15-12/h7-9H,3-6,13H2,1-2H3. The first-order valence-electron chi connectivity index (χ1n) is 6.03. The van der Waals surface area contributed by atoms with Gasteiger partial charge in [-0.25, -0.2) is 0 Å². The van der Waals surface area contributed by atoms with Gasteiger partial charge in [-0.3, -0.25) is 0 Å². The number of ether oxygens (including phenoxy) is 2. The summed E-state index contributed by atoms with van der Waals surface area (Å²) in [5, 5.41) is 0. The van der Waals surface area contributed by atoms with Gasteiger partial charge >= 0.3 is 0 Å². The third kappa shape index (κ3) is 2.60. The van der Waals surface area contributed by atoms with Gasteiger partial charge in [-0.15, -0.1) is 0 Å². The number of aromatic nitrogens is 2. The van der Waals surface area contributed by atoms with Gasteiger partial charge in [0.15, 0.2) is 5.69 Å². The molecule has 2 N–H and O–H groups in total. The fraction of sp³-hybridized carbons (Fsp3) is 0.667. The van der Waals surface area contributed by atoms with Crippen molar-refractivity contribution in [3.05, 3.63) is 6.33 Å². The van der Waals surface area contributed by atoms with Crippen molar-refractivity contribution in [2.45, 2.75) is 38.7 Å². The van der Waals surface area contributed by atoms with Crippen LogP contribution in [0.3, 0.4) is 0 Å². The van der Waals surface area contributed by atoms with E-state index in [0.29, 0.717) is 23.4 Å². The molecule has 2 rings (SSSR count). The molecule has 0 aromatic carbocycles. The zero-order valence-electron chi connectivity index (χ0n) is 10.3. The Balaban J connectivity index is 2.12. The Hall–Kier alpha value is -1.52. The number of nitrogens with zero attached hydrogens (tertiary/aromatic N) is 2. The molecule has 17 heavy (non-hydrogen) atoms. The molecule has 0 saturated heterocycles. The summed E-state index contributed by atoms with van der Waals surface area (Å²) >= 11 is 0. The summed E-state index contributed by atoms with van der Waals surface area (Å²) in [6, 6.07) is 0. The van der Waals surface area contributed by atoms with Gasteiger partial charge in [-0.05, 0) is 25.2 Å². The van der Waals surface area contributed by atoms with E-state index in [0.717, 1.165) is 6.42 Å². The van der Waals surface area contributed by atoms with E-state index in [1.807, 2.05) is 0 Å². The Kier molecular flexibility index (Phi) is 3.66. The zero-order valence-corrected chi connectivity index (χ0v) is 10.3. The minimum atomic E-state index is 0.200. The number of anilines is 1. The number of nitrogens with two attached hydrogens (primary N) is 1. The SMILES string of the molecule is COc1ncnc(OC2CCCCC2C)c1N. The molecule has 5 heteroatoms. The normalized spacial score (nSPS) is 24.4. The second-order valence-electron chi connectivity index (χ2n) is 4.52. The molecule has 1 aromatic heterocycles. The largest absolute Gasteiger partial charge is 0.479 e. The van der Waals surface area contributed by atoms with Crippen molar-refractivity contribution in [2.75, 3.05) is 12.8 Å². The monoisotopic (exact) mass is 237 g/mol. The Morgan fingerprint density at radius 2 is 1.94 bits per heavy atom. The summed E-state index contributed by atoms with van der Waals surface area (Å²) in [5.41, 5.74) is 6.26. The van der Waals surface area contributed by atoms with Crippen LogP contribution in [-0.2, 0) is 0 Å². The van der Waals surface area contributed by atoms with E-state index < -0.39 is 0 Å². The van der Waals surface area contributed by atoms with Crippen molar-refractivity contribution in [3.8, 4) is 11.8 Å². The predicted octanol–water partition coefficient (Wildman–Crippen LogP) is 2.02. The van der Waals surface area contributed by atoms with E-state index in [1.165, 1.54) is 32.7 Å². The molecule has 1 heterocycles. The summed E-state index contributed by atoms with van der Waals surface area (Å²) in [4.78, 5) is 8.01. The smallest absolute Gasteiger partial charge is 0.244 e. The summed E-state index contributed by atoms with van der Waals surface area (Å²) in [6.45, 7) is 2.21. The van der Waals surface area contributed by atoms with Crippen LogP contribution < -0.4 is 15.2 Å². The molecule has 0 spiro atoms. The van der Waals surface area contributed by atoms with Gasteiger partial charge in [0.25, 0.3) is 0 Å². The van der Waals surface area contributed by atoms with Crippen LogP contribution in [-0.4, -0.2) is 23.2 Å². The quantitative estimate of drug-likeness (QED) is 0.871. The molecule has 1 saturated carbocycles. The van der Waals surface area contributed by atoms with Gasteiger partial charge in [0.2, 0.25) is 11.8 Å². The minimum absolute atomic E-state index is 0.200. The summed E-state index contributed by atoms with van der Waals surface area (Å²) < 4.78 is 10.9. The lowest BCUT2D eigenvalue weighted by Crippen LogP contribution is -2.29. The van der Waals surface area contributed by atoms with Gasteiger partial charge in [0, 0.05) is 0 Å². The third-order valence-electron chi connectivity index (χ3n) is 3.30. The van der Waals surface area contributed by atoms with Gasteiger partial charge < -0.3 is 15.2 Å². The van der Waals surface area contributed by atoms with Crippen LogP contribution in [0.25, 0.3) is 0 Å². The highest BCUT2D eigenvalue weighted by Crippen LogP contribution is 2.32. The molecule has 1 fully saturated rings. The number of nitrogen functional groups attached to an aromatic ring is 1. The molecule has 5 nitrogen and oxygen atoms in total. The maximum Gasteiger partial charge on any atom is 0.244 e. The Labute approximate surface area is 101 Å². The highest BCUT2D eigenvalue weighted by Gasteiger charge is 2.24. The predicted molar refractivity (Wildman–Crippen MR) is 65.0 cm³/mol. The van der Waals surface area contributed by atoms with Crippen molar-refractivity contribution in [1.29, 1.82) is 0 Å². The van der Waals surface area contributed by atoms with E-state index in [-0.39, 0.29) is 6.10 Å². The van der Waals surface area contributed by atoms with Gasteiger partial charge in [0.1, 0.15) is 12.4 Å². The lowest BCUT2D eigenvalue weighted by Gasteiger charge is -2.29. The van der Waals surface area contributed by atoms with E-state index in [9.17, 15) is 0 Å². The zero-order chi connectivity index (χ0) is 12.3. The molecule has 0 amide bonds. The molecular weight excluding hydrogens is 218 g/mol. The fourth-order valence-electron chi connectivity index (χ4n) is 2.22. The molecule has 2 unspecified atom stereocenters. The van der Waals surface area contributed by atoms with Crippen molar-refractivity contribution < 1.29 is 9.47 Å². The van der Waals surface area contributed by atoms with E-state index in [1.54, 1.807) is 0 Å². The number of rotatable bonds is 3. The van der Waals surface area contributed by atoms with Crippen molar-refractivity contribution >= 4 is 5.69 Å². The van der Waals surface area contributed by atoms with Crippen LogP contribution in [0.15, 0.2) is 6.33 Å². The Bertz CT molecular complexity index is 384. The lowest BCUT2D eigenvalue weighted by atomic mass is 9.88. The first kappa shape index (κ1) is 12.0. The molecule has 0 radical (unpaired) electrons. The van der Waals surface area contributed by atoms with Crippen LogP contribution in [0, 0.1) is 5.92 Å². The Morgan fingerprint density at radius 1 is 1.24 bits per heavy atom. The minimum Gasteiger partial charge on any atom is -0.479 e. The van der Waals surface area contributed by atoms with Crippen LogP contribution in [0.2, 0.25) is 0 Å². The Morgan fingerprint density at radius 3 is 2.65 bits per heavy atom. The highest BCUT2D eigenvalue weighted by atomic mass is 16.5. The second-order valence-corrected chi connectivity index (χ2v) is 4.52. The van der Waals surface area contributed by atoms with E-state index in [2.05, 4.69) is 16.9 Å². The molecule has 1 aliphatic rings. The van der Waals surface area contributed by atoms with E-state index >= 15 is 0 Å². The first-order valence-corrected chi connectivity index (χ1v) is 6.03. The lowest BCUT2D eigenvalue weighted by molar-refractivity contribution is 0.0979. The average Bonchev–Trinajstić information content (AvgIpc) is 2.34. The molecule has 1 aromatic rings. The van der Waals surface area contributed by atoms with Gasteiger partial charge in [-0.2, -0.15) is 9.97 Å². The number of methoxy groups -OCH3 is 1. The molecule has 94 valence electrons. The maximum atomic E-state index is 5.88. The van der Waals surface area contributed by atoms with Crippen LogP contribution in [0.5, 0.6) is 11.8 Å². The van der Waals surface area contributed by atoms with Crippen LogP contribution in [0.1, 0.15) is 32.6 Å². The van der Waals surface area contributed by atoms with Gasteiger partial charge in [0.05, 0.1) is 7.11 Å². The van der Waals surface area contributed by atoms with E-state index in [4.69, 9.17) is 15.2 Å². The summed E-state index contributed by atoms with van der Waals surface area (Å²) in [7, 11) is 1.53. The molecule has 0 aliphatic heterocycles. The molecule has 2 atom stereocenters. The average molecular weight is 237 g/mol. The third-order valence-corrected chi connectivity index (χ3v) is 3.30. The number of hydrogen-bond donors (Lipinski definition) is 1. The topological polar surface area (TPSA) is 70.3 Å². The second kappa shape index (κ2) is 5.21. The molecule has 1 aliphatic carbocycles. The van der Waals surface area contributed by atoms with Crippen LogP contribution >= 0.6 is 0 Å². The van der Waals surface area contributed by atoms with Gasteiger partial charge in [-0.1, -0.05) is 13.3 Å². The van der Waals surface area contributed by atoms with Crippen LogP contribution in [0.4, 0.5) is 5.69 Å². The van der Waals surface area contributed by atoms with Crippen molar-refractivity contribution in [3.63, 3.8) is 0 Å². The summed E-state index contributed by atoms with van der Waals surface area (Å²) in [6.07, 6.45) is 6.36. The number of hydrogen-bond acceptors (Lipinski definition) is 5. The van der Waals surface area contributed by atoms with Crippen molar-refractivity contribution in [1.82, 2.24) is 9.97 Å². The maximum absolute atomic E-state index is 5.88. The molecule has 0 bridgehead atoms. The highest BCUT2D eigenvalue weighted by molar-refractivity contribution is 5.55. The molecular formula is C12H19N3O2. The summed E-state index contributed by atoms with van der Waals surface area (Å²) in [5.74, 6) is 1.36.